The Balaban J connectivity index is 1.89. The number of fused-ring (bicyclic) bond motifs is 1. The van der Waals surface area contributed by atoms with E-state index in [9.17, 15) is 4.79 Å². The Morgan fingerprint density at radius 1 is 1.42 bits per heavy atom. The summed E-state index contributed by atoms with van der Waals surface area (Å²) in [6, 6.07) is 5.30. The van der Waals surface area contributed by atoms with Crippen LogP contribution in [0, 0.1) is 6.92 Å². The van der Waals surface area contributed by atoms with E-state index in [1.807, 2.05) is 18.4 Å². The van der Waals surface area contributed by atoms with Gasteiger partial charge < -0.3 is 5.32 Å². The summed E-state index contributed by atoms with van der Waals surface area (Å²) in [6.45, 7) is 1.90. The number of amides is 1. The summed E-state index contributed by atoms with van der Waals surface area (Å²) in [5.41, 5.74) is 1.58. The van der Waals surface area contributed by atoms with Gasteiger partial charge in [-0.05, 0) is 36.1 Å². The largest absolute Gasteiger partial charge is 0.304 e. The number of nitrogens with one attached hydrogen (secondary N) is 1. The highest BCUT2D eigenvalue weighted by atomic mass is 35.5. The molecule has 0 bridgehead atoms. The highest BCUT2D eigenvalue weighted by molar-refractivity contribution is 7.12. The Labute approximate surface area is 117 Å². The molecule has 0 aliphatic heterocycles. The number of hydrogen-bond donors (Lipinski definition) is 1. The van der Waals surface area contributed by atoms with Crippen LogP contribution >= 0.6 is 22.9 Å². The average molecular weight is 293 g/mol. The number of carbonyl (C=O) groups is 1. The van der Waals surface area contributed by atoms with Crippen LogP contribution in [0.4, 0.5) is 5.82 Å². The van der Waals surface area contributed by atoms with Gasteiger partial charge in [0.25, 0.3) is 5.91 Å². The number of halogens is 1. The van der Waals surface area contributed by atoms with Gasteiger partial charge in [-0.15, -0.1) is 11.3 Å². The molecule has 0 fully saturated rings. The van der Waals surface area contributed by atoms with Gasteiger partial charge in [-0.2, -0.15) is 5.10 Å². The van der Waals surface area contributed by atoms with E-state index in [1.54, 1.807) is 18.3 Å². The molecule has 0 radical (unpaired) electrons. The Morgan fingerprint density at radius 2 is 2.26 bits per heavy atom. The Bertz CT molecular complexity index is 764. The fourth-order valence-electron chi connectivity index (χ4n) is 1.70. The Kier molecular flexibility index (Phi) is 2.96. The molecule has 0 spiro atoms. The zero-order chi connectivity index (χ0) is 13.4. The lowest BCUT2D eigenvalue weighted by Crippen LogP contribution is -2.11. The van der Waals surface area contributed by atoms with Crippen LogP contribution in [0.1, 0.15) is 15.2 Å². The molecule has 3 heterocycles. The SMILES string of the molecule is Cc1ccsc1C(=O)Nc1cn2nc(Cl)ccc2n1. The van der Waals surface area contributed by atoms with Crippen molar-refractivity contribution in [3.63, 3.8) is 0 Å². The molecule has 0 atom stereocenters. The molecule has 0 aliphatic rings. The van der Waals surface area contributed by atoms with Gasteiger partial charge in [-0.1, -0.05) is 11.6 Å². The van der Waals surface area contributed by atoms with Gasteiger partial charge in [0.05, 0.1) is 11.1 Å². The van der Waals surface area contributed by atoms with Crippen LogP contribution < -0.4 is 5.32 Å². The van der Waals surface area contributed by atoms with Crippen molar-refractivity contribution in [2.75, 3.05) is 5.32 Å². The minimum absolute atomic E-state index is 0.165. The number of aryl methyl sites for hydroxylation is 1. The number of hydrogen-bond acceptors (Lipinski definition) is 4. The fraction of sp³-hybridized carbons (Fsp3) is 0.0833. The first-order valence-electron chi connectivity index (χ1n) is 5.51. The molecule has 7 heteroatoms. The Hall–Kier alpha value is -1.92. The van der Waals surface area contributed by atoms with Crippen molar-refractivity contribution in [1.82, 2.24) is 14.6 Å². The van der Waals surface area contributed by atoms with Crippen molar-refractivity contribution in [2.45, 2.75) is 6.92 Å². The maximum absolute atomic E-state index is 12.0. The second-order valence-corrected chi connectivity index (χ2v) is 5.28. The molecule has 5 nitrogen and oxygen atoms in total. The van der Waals surface area contributed by atoms with E-state index in [0.717, 1.165) is 5.56 Å². The standard InChI is InChI=1S/C12H9ClN4OS/c1-7-4-5-19-11(7)12(18)15-9-6-17-10(14-9)3-2-8(13)16-17/h2-6H,1H3,(H,15,18). The van der Waals surface area contributed by atoms with Crippen LogP contribution in [0.15, 0.2) is 29.8 Å². The normalized spacial score (nSPS) is 10.8. The molecule has 19 heavy (non-hydrogen) atoms. The third-order valence-electron chi connectivity index (χ3n) is 2.60. The van der Waals surface area contributed by atoms with Gasteiger partial charge >= 0.3 is 0 Å². The van der Waals surface area contributed by atoms with Crippen LogP contribution in [0.3, 0.4) is 0 Å². The zero-order valence-corrected chi connectivity index (χ0v) is 11.5. The van der Waals surface area contributed by atoms with Crippen LogP contribution in [-0.2, 0) is 0 Å². The summed E-state index contributed by atoms with van der Waals surface area (Å²) in [6.07, 6.45) is 1.63. The maximum Gasteiger partial charge on any atom is 0.267 e. The van der Waals surface area contributed by atoms with Gasteiger partial charge in [-0.25, -0.2) is 9.50 Å². The van der Waals surface area contributed by atoms with E-state index < -0.39 is 0 Å². The molecular weight excluding hydrogens is 284 g/mol. The molecular formula is C12H9ClN4OS. The first kappa shape index (κ1) is 12.1. The second kappa shape index (κ2) is 4.64. The summed E-state index contributed by atoms with van der Waals surface area (Å²) >= 11 is 7.19. The van der Waals surface area contributed by atoms with Crippen molar-refractivity contribution >= 4 is 40.3 Å². The molecule has 3 aromatic rings. The molecule has 1 N–H and O–H groups in total. The van der Waals surface area contributed by atoms with E-state index in [-0.39, 0.29) is 5.91 Å². The summed E-state index contributed by atoms with van der Waals surface area (Å²) in [5.74, 6) is 0.287. The monoisotopic (exact) mass is 292 g/mol. The van der Waals surface area contributed by atoms with Crippen LogP contribution in [0.2, 0.25) is 5.15 Å². The van der Waals surface area contributed by atoms with Crippen molar-refractivity contribution in [3.05, 3.63) is 45.4 Å². The predicted octanol–water partition coefficient (Wildman–Crippen LogP) is 3.00. The molecule has 0 saturated carbocycles. The second-order valence-electron chi connectivity index (χ2n) is 3.97. The van der Waals surface area contributed by atoms with E-state index in [2.05, 4.69) is 15.4 Å². The summed E-state index contributed by atoms with van der Waals surface area (Å²) in [4.78, 5) is 17.0. The lowest BCUT2D eigenvalue weighted by molar-refractivity contribution is 0.102. The van der Waals surface area contributed by atoms with Gasteiger partial charge in [0, 0.05) is 0 Å². The van der Waals surface area contributed by atoms with Crippen LogP contribution in [0.5, 0.6) is 0 Å². The summed E-state index contributed by atoms with van der Waals surface area (Å²) in [5, 5.41) is 9.06. The Morgan fingerprint density at radius 3 is 3.00 bits per heavy atom. The fourth-order valence-corrected chi connectivity index (χ4v) is 2.66. The van der Waals surface area contributed by atoms with E-state index in [0.29, 0.717) is 21.5 Å². The maximum atomic E-state index is 12.0. The number of nitrogens with zero attached hydrogens (tertiary/aromatic N) is 3. The van der Waals surface area contributed by atoms with Gasteiger partial charge in [0.2, 0.25) is 0 Å². The minimum Gasteiger partial charge on any atom is -0.304 e. The molecule has 3 aromatic heterocycles. The van der Waals surface area contributed by atoms with Crippen LogP contribution in [0.25, 0.3) is 5.65 Å². The minimum atomic E-state index is -0.165. The number of thiophene rings is 1. The number of rotatable bonds is 2. The van der Waals surface area contributed by atoms with E-state index in [4.69, 9.17) is 11.6 Å². The molecule has 1 amide bonds. The lowest BCUT2D eigenvalue weighted by atomic mass is 10.3. The van der Waals surface area contributed by atoms with Gasteiger partial charge in [0.15, 0.2) is 11.5 Å². The highest BCUT2D eigenvalue weighted by Crippen LogP contribution is 2.18. The number of carbonyl (C=O) groups excluding carboxylic acids is 1. The third-order valence-corrected chi connectivity index (χ3v) is 3.81. The van der Waals surface area contributed by atoms with Crippen molar-refractivity contribution in [3.8, 4) is 0 Å². The number of anilines is 1. The molecule has 0 aromatic carbocycles. The quantitative estimate of drug-likeness (QED) is 0.790. The first-order chi connectivity index (χ1) is 9.13. The van der Waals surface area contributed by atoms with E-state index in [1.165, 1.54) is 15.9 Å². The zero-order valence-electron chi connectivity index (χ0n) is 9.92. The van der Waals surface area contributed by atoms with Crippen molar-refractivity contribution < 1.29 is 4.79 Å². The average Bonchev–Trinajstić information content (AvgIpc) is 2.94. The highest BCUT2D eigenvalue weighted by Gasteiger charge is 2.12. The third kappa shape index (κ3) is 2.32. The van der Waals surface area contributed by atoms with Crippen molar-refractivity contribution in [1.29, 1.82) is 0 Å². The smallest absolute Gasteiger partial charge is 0.267 e. The van der Waals surface area contributed by atoms with Crippen molar-refractivity contribution in [2.24, 2.45) is 0 Å². The number of aromatic nitrogens is 3. The summed E-state index contributed by atoms with van der Waals surface area (Å²) < 4.78 is 1.53. The van der Waals surface area contributed by atoms with Crippen LogP contribution in [-0.4, -0.2) is 20.5 Å². The topological polar surface area (TPSA) is 59.3 Å². The molecule has 0 unspecified atom stereocenters. The van der Waals surface area contributed by atoms with Gasteiger partial charge in [0.1, 0.15) is 5.15 Å². The predicted molar refractivity (Wildman–Crippen MR) is 75.0 cm³/mol. The lowest BCUT2D eigenvalue weighted by Gasteiger charge is -1.99. The molecule has 0 saturated heterocycles. The summed E-state index contributed by atoms with van der Waals surface area (Å²) in [7, 11) is 0. The van der Waals surface area contributed by atoms with Gasteiger partial charge in [-0.3, -0.25) is 4.79 Å². The first-order valence-corrected chi connectivity index (χ1v) is 6.76. The number of imidazole rings is 1. The van der Waals surface area contributed by atoms with E-state index >= 15 is 0 Å². The molecule has 3 rings (SSSR count). The molecule has 96 valence electrons. The molecule has 0 aliphatic carbocycles.